The minimum Gasteiger partial charge on any atom is -0.355 e. The van der Waals surface area contributed by atoms with E-state index in [1.807, 2.05) is 7.05 Å². The van der Waals surface area contributed by atoms with Crippen molar-refractivity contribution in [3.8, 4) is 0 Å². The Bertz CT molecular complexity index is 538. The number of anilines is 1. The van der Waals surface area contributed by atoms with Gasteiger partial charge in [0, 0.05) is 44.5 Å². The highest BCUT2D eigenvalue weighted by molar-refractivity contribution is 14.0. The second-order valence-electron chi connectivity index (χ2n) is 6.57. The van der Waals surface area contributed by atoms with Crippen molar-refractivity contribution in [2.75, 3.05) is 31.6 Å². The lowest BCUT2D eigenvalue weighted by atomic mass is 10.2. The molecular weight excluding hydrogens is 399 g/mol. The van der Waals surface area contributed by atoms with Gasteiger partial charge in [-0.3, -0.25) is 9.89 Å². The van der Waals surface area contributed by atoms with Crippen LogP contribution < -0.4 is 10.2 Å². The molecule has 1 aromatic carbocycles. The summed E-state index contributed by atoms with van der Waals surface area (Å²) in [6, 6.07) is 10.1. The normalized spacial score (nSPS) is 17.4. The Labute approximate surface area is 157 Å². The smallest absolute Gasteiger partial charge is 0.198 e. The summed E-state index contributed by atoms with van der Waals surface area (Å²) in [7, 11) is 1.88. The number of para-hydroxylation sites is 1. The van der Waals surface area contributed by atoms with Crippen molar-refractivity contribution in [2.24, 2.45) is 4.99 Å². The summed E-state index contributed by atoms with van der Waals surface area (Å²) in [6.07, 6.45) is 3.84. The Hall–Kier alpha value is -0.820. The third kappa shape index (κ3) is 4.38. The van der Waals surface area contributed by atoms with Crippen LogP contribution in [0, 0.1) is 0 Å². The highest BCUT2D eigenvalue weighted by atomic mass is 127. The van der Waals surface area contributed by atoms with Gasteiger partial charge in [0.1, 0.15) is 0 Å². The SMILES string of the molecule is CN=C(NCCN(C(C)C)C1CC1)N1CCc2ccccc21.I. The minimum absolute atomic E-state index is 0. The van der Waals surface area contributed by atoms with Crippen molar-refractivity contribution in [1.82, 2.24) is 10.2 Å². The van der Waals surface area contributed by atoms with Gasteiger partial charge >= 0.3 is 0 Å². The van der Waals surface area contributed by atoms with Crippen LogP contribution in [0.2, 0.25) is 0 Å². The Kier molecular flexibility index (Phi) is 6.71. The van der Waals surface area contributed by atoms with E-state index in [2.05, 4.69) is 58.2 Å². The van der Waals surface area contributed by atoms with E-state index in [9.17, 15) is 0 Å². The Morgan fingerprint density at radius 1 is 1.35 bits per heavy atom. The van der Waals surface area contributed by atoms with E-state index in [-0.39, 0.29) is 24.0 Å². The van der Waals surface area contributed by atoms with E-state index >= 15 is 0 Å². The fourth-order valence-corrected chi connectivity index (χ4v) is 3.42. The molecular formula is C18H29IN4. The van der Waals surface area contributed by atoms with Gasteiger partial charge in [0.25, 0.3) is 0 Å². The standard InChI is InChI=1S/C18H28N4.HI/c1-14(2)21(16-8-9-16)13-11-20-18(19-3)22-12-10-15-6-4-5-7-17(15)22;/h4-7,14,16H,8-13H2,1-3H3,(H,19,20);1H. The first-order chi connectivity index (χ1) is 10.7. The number of nitrogens with one attached hydrogen (secondary N) is 1. The number of guanidine groups is 1. The van der Waals surface area contributed by atoms with Gasteiger partial charge in [-0.1, -0.05) is 18.2 Å². The zero-order valence-corrected chi connectivity index (χ0v) is 16.8. The monoisotopic (exact) mass is 428 g/mol. The molecule has 128 valence electrons. The zero-order chi connectivity index (χ0) is 15.5. The highest BCUT2D eigenvalue weighted by Gasteiger charge is 2.30. The van der Waals surface area contributed by atoms with Gasteiger partial charge in [-0.2, -0.15) is 0 Å². The molecule has 0 spiro atoms. The second-order valence-corrected chi connectivity index (χ2v) is 6.57. The number of fused-ring (bicyclic) bond motifs is 1. The zero-order valence-electron chi connectivity index (χ0n) is 14.5. The third-order valence-corrected chi connectivity index (χ3v) is 4.69. The molecule has 1 aromatic rings. The van der Waals surface area contributed by atoms with Crippen LogP contribution in [-0.2, 0) is 6.42 Å². The van der Waals surface area contributed by atoms with Gasteiger partial charge in [0.05, 0.1) is 0 Å². The lowest BCUT2D eigenvalue weighted by Gasteiger charge is -2.28. The molecule has 23 heavy (non-hydrogen) atoms. The van der Waals surface area contributed by atoms with Gasteiger partial charge < -0.3 is 10.2 Å². The van der Waals surface area contributed by atoms with Crippen LogP contribution in [0.15, 0.2) is 29.3 Å². The van der Waals surface area contributed by atoms with Crippen molar-refractivity contribution in [2.45, 2.75) is 45.2 Å². The molecule has 1 aliphatic heterocycles. The van der Waals surface area contributed by atoms with E-state index in [1.165, 1.54) is 24.1 Å². The molecule has 0 aromatic heterocycles. The van der Waals surface area contributed by atoms with Gasteiger partial charge in [-0.05, 0) is 44.7 Å². The lowest BCUT2D eigenvalue weighted by molar-refractivity contribution is 0.215. The van der Waals surface area contributed by atoms with Crippen LogP contribution in [0.3, 0.4) is 0 Å². The second kappa shape index (κ2) is 8.33. The van der Waals surface area contributed by atoms with Crippen LogP contribution in [0.5, 0.6) is 0 Å². The maximum absolute atomic E-state index is 4.48. The van der Waals surface area contributed by atoms with E-state index in [4.69, 9.17) is 0 Å². The number of aliphatic imine (C=N–C) groups is 1. The Morgan fingerprint density at radius 2 is 2.09 bits per heavy atom. The van der Waals surface area contributed by atoms with E-state index < -0.39 is 0 Å². The molecule has 0 radical (unpaired) electrons. The van der Waals surface area contributed by atoms with Gasteiger partial charge in [0.2, 0.25) is 0 Å². The molecule has 2 aliphatic rings. The minimum atomic E-state index is 0. The maximum atomic E-state index is 4.48. The fraction of sp³-hybridized carbons (Fsp3) is 0.611. The van der Waals surface area contributed by atoms with Crippen molar-refractivity contribution < 1.29 is 0 Å². The fourth-order valence-electron chi connectivity index (χ4n) is 3.42. The lowest BCUT2D eigenvalue weighted by Crippen LogP contribution is -2.45. The quantitative estimate of drug-likeness (QED) is 0.444. The number of hydrogen-bond donors (Lipinski definition) is 1. The molecule has 4 nitrogen and oxygen atoms in total. The number of benzene rings is 1. The first kappa shape index (κ1) is 18.5. The van der Waals surface area contributed by atoms with Crippen molar-refractivity contribution in [3.63, 3.8) is 0 Å². The molecule has 1 N–H and O–H groups in total. The molecule has 1 heterocycles. The first-order valence-electron chi connectivity index (χ1n) is 8.52. The molecule has 1 fully saturated rings. The van der Waals surface area contributed by atoms with E-state index in [1.54, 1.807) is 0 Å². The van der Waals surface area contributed by atoms with Gasteiger partial charge in [-0.15, -0.1) is 24.0 Å². The van der Waals surface area contributed by atoms with Crippen LogP contribution in [0.25, 0.3) is 0 Å². The molecule has 1 saturated carbocycles. The Morgan fingerprint density at radius 3 is 2.74 bits per heavy atom. The largest absolute Gasteiger partial charge is 0.355 e. The maximum Gasteiger partial charge on any atom is 0.198 e. The molecule has 0 amide bonds. The average Bonchev–Trinajstić information content (AvgIpc) is 3.26. The van der Waals surface area contributed by atoms with Crippen LogP contribution in [0.1, 0.15) is 32.3 Å². The predicted molar refractivity (Wildman–Crippen MR) is 109 cm³/mol. The molecule has 0 unspecified atom stereocenters. The molecule has 0 saturated heterocycles. The van der Waals surface area contributed by atoms with E-state index in [0.717, 1.165) is 38.1 Å². The summed E-state index contributed by atoms with van der Waals surface area (Å²) in [5.74, 6) is 1.00. The first-order valence-corrected chi connectivity index (χ1v) is 8.52. The summed E-state index contributed by atoms with van der Waals surface area (Å²) in [5.41, 5.74) is 2.73. The van der Waals surface area contributed by atoms with E-state index in [0.29, 0.717) is 6.04 Å². The number of halogens is 1. The summed E-state index contributed by atoms with van der Waals surface area (Å²) in [6.45, 7) is 7.67. The summed E-state index contributed by atoms with van der Waals surface area (Å²) in [5, 5.41) is 3.55. The number of nitrogens with zero attached hydrogens (tertiary/aromatic N) is 3. The Balaban J connectivity index is 0.00000192. The van der Waals surface area contributed by atoms with Crippen LogP contribution in [-0.4, -0.2) is 49.6 Å². The van der Waals surface area contributed by atoms with Crippen molar-refractivity contribution in [3.05, 3.63) is 29.8 Å². The summed E-state index contributed by atoms with van der Waals surface area (Å²) >= 11 is 0. The van der Waals surface area contributed by atoms with Gasteiger partial charge in [0.15, 0.2) is 5.96 Å². The topological polar surface area (TPSA) is 30.9 Å². The van der Waals surface area contributed by atoms with Crippen LogP contribution in [0.4, 0.5) is 5.69 Å². The van der Waals surface area contributed by atoms with Crippen molar-refractivity contribution in [1.29, 1.82) is 0 Å². The van der Waals surface area contributed by atoms with Crippen LogP contribution >= 0.6 is 24.0 Å². The molecule has 0 atom stereocenters. The number of hydrogen-bond acceptors (Lipinski definition) is 2. The molecule has 3 rings (SSSR count). The summed E-state index contributed by atoms with van der Waals surface area (Å²) < 4.78 is 0. The predicted octanol–water partition coefficient (Wildman–Crippen LogP) is 3.12. The highest BCUT2D eigenvalue weighted by Crippen LogP contribution is 2.28. The average molecular weight is 428 g/mol. The molecule has 0 bridgehead atoms. The summed E-state index contributed by atoms with van der Waals surface area (Å²) in [4.78, 5) is 9.41. The number of rotatable bonds is 5. The molecule has 1 aliphatic carbocycles. The van der Waals surface area contributed by atoms with Gasteiger partial charge in [-0.25, -0.2) is 0 Å². The molecule has 5 heteroatoms. The third-order valence-electron chi connectivity index (χ3n) is 4.69. The van der Waals surface area contributed by atoms with Crippen molar-refractivity contribution >= 4 is 35.6 Å².